The van der Waals surface area contributed by atoms with Gasteiger partial charge in [-0.3, -0.25) is 0 Å². The Morgan fingerprint density at radius 2 is 1.95 bits per heavy atom. The van der Waals surface area contributed by atoms with Crippen molar-refractivity contribution in [2.75, 3.05) is 7.11 Å². The molecule has 3 heteroatoms. The van der Waals surface area contributed by atoms with Gasteiger partial charge in [-0.25, -0.2) is 0 Å². The van der Waals surface area contributed by atoms with Crippen LogP contribution in [0.3, 0.4) is 0 Å². The maximum atomic E-state index is 6.21. The largest absolute Gasteiger partial charge is 0.493 e. The van der Waals surface area contributed by atoms with Crippen LogP contribution in [0.4, 0.5) is 0 Å². The molecule has 0 fully saturated rings. The standard InChI is InChI=1S/C16H15BrO2/c1-16(12-6-4-3-5-7-12)10-11-8-13(17)9-14(18-2)15(11)19-16/h3-9H,10H2,1-2H3. The van der Waals surface area contributed by atoms with Gasteiger partial charge in [0.15, 0.2) is 11.5 Å². The zero-order valence-electron chi connectivity index (χ0n) is 10.9. The van der Waals surface area contributed by atoms with Crippen LogP contribution in [0.15, 0.2) is 46.9 Å². The van der Waals surface area contributed by atoms with E-state index in [1.807, 2.05) is 24.3 Å². The van der Waals surface area contributed by atoms with Gasteiger partial charge >= 0.3 is 0 Å². The van der Waals surface area contributed by atoms with Crippen LogP contribution in [0.2, 0.25) is 0 Å². The highest BCUT2D eigenvalue weighted by Gasteiger charge is 2.38. The number of fused-ring (bicyclic) bond motifs is 1. The molecule has 0 spiro atoms. The minimum atomic E-state index is -0.322. The molecule has 1 aliphatic heterocycles. The Labute approximate surface area is 121 Å². The molecule has 1 unspecified atom stereocenters. The Hall–Kier alpha value is -1.48. The fourth-order valence-corrected chi connectivity index (χ4v) is 3.08. The Morgan fingerprint density at radius 3 is 2.63 bits per heavy atom. The molecular weight excluding hydrogens is 304 g/mol. The second-order valence-electron chi connectivity index (χ2n) is 4.97. The number of halogens is 1. The second-order valence-corrected chi connectivity index (χ2v) is 5.89. The van der Waals surface area contributed by atoms with E-state index in [1.54, 1.807) is 7.11 Å². The predicted molar refractivity (Wildman–Crippen MR) is 78.8 cm³/mol. The van der Waals surface area contributed by atoms with Crippen LogP contribution < -0.4 is 9.47 Å². The third kappa shape index (κ3) is 2.12. The molecule has 0 aliphatic carbocycles. The maximum Gasteiger partial charge on any atom is 0.165 e. The summed E-state index contributed by atoms with van der Waals surface area (Å²) in [5, 5.41) is 0. The van der Waals surface area contributed by atoms with Gasteiger partial charge in [0.05, 0.1) is 7.11 Å². The lowest BCUT2D eigenvalue weighted by atomic mass is 9.91. The molecule has 1 atom stereocenters. The minimum Gasteiger partial charge on any atom is -0.493 e. The summed E-state index contributed by atoms with van der Waals surface area (Å²) in [6.45, 7) is 2.12. The van der Waals surface area contributed by atoms with Crippen molar-refractivity contribution in [1.29, 1.82) is 0 Å². The monoisotopic (exact) mass is 318 g/mol. The quantitative estimate of drug-likeness (QED) is 0.821. The second kappa shape index (κ2) is 4.57. The van der Waals surface area contributed by atoms with E-state index in [9.17, 15) is 0 Å². The summed E-state index contributed by atoms with van der Waals surface area (Å²) in [7, 11) is 1.67. The van der Waals surface area contributed by atoms with Crippen LogP contribution >= 0.6 is 15.9 Å². The molecule has 0 N–H and O–H groups in total. The molecule has 2 aromatic carbocycles. The van der Waals surface area contributed by atoms with E-state index in [1.165, 1.54) is 11.1 Å². The number of methoxy groups -OCH3 is 1. The summed E-state index contributed by atoms with van der Waals surface area (Å²) < 4.78 is 12.6. The summed E-state index contributed by atoms with van der Waals surface area (Å²) >= 11 is 3.51. The van der Waals surface area contributed by atoms with Gasteiger partial charge in [-0.1, -0.05) is 46.3 Å². The highest BCUT2D eigenvalue weighted by atomic mass is 79.9. The van der Waals surface area contributed by atoms with Crippen molar-refractivity contribution in [1.82, 2.24) is 0 Å². The van der Waals surface area contributed by atoms with Gasteiger partial charge in [-0.15, -0.1) is 0 Å². The summed E-state index contributed by atoms with van der Waals surface area (Å²) in [6, 6.07) is 14.4. The van der Waals surface area contributed by atoms with E-state index >= 15 is 0 Å². The third-order valence-corrected chi connectivity index (χ3v) is 4.01. The van der Waals surface area contributed by atoms with E-state index in [0.29, 0.717) is 0 Å². The number of ether oxygens (including phenoxy) is 2. The van der Waals surface area contributed by atoms with Crippen molar-refractivity contribution < 1.29 is 9.47 Å². The Bertz CT molecular complexity index is 610. The van der Waals surface area contributed by atoms with Crippen LogP contribution in [-0.4, -0.2) is 7.11 Å². The first kappa shape index (κ1) is 12.5. The first-order valence-electron chi connectivity index (χ1n) is 6.23. The van der Waals surface area contributed by atoms with Gasteiger partial charge in [0, 0.05) is 16.5 Å². The number of rotatable bonds is 2. The van der Waals surface area contributed by atoms with E-state index in [0.717, 1.165) is 22.4 Å². The van der Waals surface area contributed by atoms with Crippen LogP contribution in [0.1, 0.15) is 18.1 Å². The first-order valence-corrected chi connectivity index (χ1v) is 7.03. The molecule has 0 saturated heterocycles. The Kier molecular flexibility index (Phi) is 3.02. The first-order chi connectivity index (χ1) is 9.12. The molecule has 3 rings (SSSR count). The molecule has 98 valence electrons. The van der Waals surface area contributed by atoms with E-state index in [2.05, 4.69) is 41.1 Å². The third-order valence-electron chi connectivity index (χ3n) is 3.56. The molecular formula is C16H15BrO2. The summed E-state index contributed by atoms with van der Waals surface area (Å²) in [4.78, 5) is 0. The summed E-state index contributed by atoms with van der Waals surface area (Å²) in [5.74, 6) is 1.64. The highest BCUT2D eigenvalue weighted by molar-refractivity contribution is 9.10. The Morgan fingerprint density at radius 1 is 1.21 bits per heavy atom. The van der Waals surface area contributed by atoms with Crippen LogP contribution in [-0.2, 0) is 12.0 Å². The van der Waals surface area contributed by atoms with Crippen LogP contribution in [0.5, 0.6) is 11.5 Å². The molecule has 0 radical (unpaired) electrons. The van der Waals surface area contributed by atoms with Crippen molar-refractivity contribution >= 4 is 15.9 Å². The van der Waals surface area contributed by atoms with Gasteiger partial charge in [0.2, 0.25) is 0 Å². The SMILES string of the molecule is COc1cc(Br)cc2c1OC(C)(c1ccccc1)C2. The fourth-order valence-electron chi connectivity index (χ4n) is 2.60. The highest BCUT2D eigenvalue weighted by Crippen LogP contribution is 2.47. The zero-order valence-corrected chi connectivity index (χ0v) is 12.5. The maximum absolute atomic E-state index is 6.21. The minimum absolute atomic E-state index is 0.322. The van der Waals surface area contributed by atoms with Gasteiger partial charge < -0.3 is 9.47 Å². The van der Waals surface area contributed by atoms with Crippen molar-refractivity contribution in [2.24, 2.45) is 0 Å². The van der Waals surface area contributed by atoms with Crippen molar-refractivity contribution in [3.8, 4) is 11.5 Å². The normalized spacial score (nSPS) is 20.8. The molecule has 0 saturated carbocycles. The summed E-state index contributed by atoms with van der Waals surface area (Å²) in [5.41, 5.74) is 2.04. The van der Waals surface area contributed by atoms with Crippen LogP contribution in [0.25, 0.3) is 0 Å². The fraction of sp³-hybridized carbons (Fsp3) is 0.250. The molecule has 19 heavy (non-hydrogen) atoms. The smallest absolute Gasteiger partial charge is 0.165 e. The Balaban J connectivity index is 2.05. The van der Waals surface area contributed by atoms with Gasteiger partial charge in [0.25, 0.3) is 0 Å². The average Bonchev–Trinajstić information content (AvgIpc) is 2.76. The molecule has 1 aliphatic rings. The molecule has 0 bridgehead atoms. The molecule has 1 heterocycles. The molecule has 0 aromatic heterocycles. The molecule has 2 nitrogen and oxygen atoms in total. The molecule has 2 aromatic rings. The number of hydrogen-bond acceptors (Lipinski definition) is 2. The lowest BCUT2D eigenvalue weighted by Crippen LogP contribution is -2.26. The predicted octanol–water partition coefficient (Wildman–Crippen LogP) is 4.31. The van der Waals surface area contributed by atoms with E-state index in [4.69, 9.17) is 9.47 Å². The topological polar surface area (TPSA) is 18.5 Å². The average molecular weight is 319 g/mol. The lowest BCUT2D eigenvalue weighted by Gasteiger charge is -2.24. The van der Waals surface area contributed by atoms with Gasteiger partial charge in [0.1, 0.15) is 5.60 Å². The van der Waals surface area contributed by atoms with Gasteiger partial charge in [-0.2, -0.15) is 0 Å². The zero-order chi connectivity index (χ0) is 13.5. The molecule has 0 amide bonds. The van der Waals surface area contributed by atoms with Crippen molar-refractivity contribution in [2.45, 2.75) is 18.9 Å². The number of benzene rings is 2. The lowest BCUT2D eigenvalue weighted by molar-refractivity contribution is 0.112. The van der Waals surface area contributed by atoms with Crippen molar-refractivity contribution in [3.05, 3.63) is 58.1 Å². The van der Waals surface area contributed by atoms with Gasteiger partial charge in [-0.05, 0) is 24.6 Å². The van der Waals surface area contributed by atoms with E-state index < -0.39 is 0 Å². The number of hydrogen-bond donors (Lipinski definition) is 0. The summed E-state index contributed by atoms with van der Waals surface area (Å²) in [6.07, 6.45) is 0.849. The van der Waals surface area contributed by atoms with Crippen molar-refractivity contribution in [3.63, 3.8) is 0 Å². The van der Waals surface area contributed by atoms with E-state index in [-0.39, 0.29) is 5.60 Å². The van der Waals surface area contributed by atoms with Crippen LogP contribution in [0, 0.1) is 0 Å².